The third-order valence-corrected chi connectivity index (χ3v) is 3.75. The molecule has 3 N–H and O–H groups in total. The van der Waals surface area contributed by atoms with E-state index in [-0.39, 0.29) is 12.6 Å². The highest BCUT2D eigenvalue weighted by atomic mass is 16.5. The lowest BCUT2D eigenvalue weighted by Crippen LogP contribution is -2.22. The summed E-state index contributed by atoms with van der Waals surface area (Å²) in [6.07, 6.45) is 5.27. The quantitative estimate of drug-likeness (QED) is 0.804. The van der Waals surface area contributed by atoms with Crippen LogP contribution in [0.5, 0.6) is 0 Å². The van der Waals surface area contributed by atoms with Crippen molar-refractivity contribution in [3.05, 3.63) is 11.8 Å². The molecule has 106 valence electrons. The molecule has 6 nitrogen and oxygen atoms in total. The van der Waals surface area contributed by atoms with E-state index in [1.807, 2.05) is 0 Å². The van der Waals surface area contributed by atoms with Gasteiger partial charge in [0.15, 0.2) is 0 Å². The summed E-state index contributed by atoms with van der Waals surface area (Å²) >= 11 is 0. The fourth-order valence-electron chi connectivity index (χ4n) is 2.60. The Morgan fingerprint density at radius 3 is 2.79 bits per heavy atom. The maximum absolute atomic E-state index is 11.7. The van der Waals surface area contributed by atoms with Gasteiger partial charge < -0.3 is 15.6 Å². The maximum Gasteiger partial charge on any atom is 0.343 e. The van der Waals surface area contributed by atoms with Gasteiger partial charge in [0, 0.05) is 6.61 Å². The molecule has 0 spiro atoms. The van der Waals surface area contributed by atoms with Crippen LogP contribution in [0.1, 0.15) is 49.0 Å². The second-order valence-corrected chi connectivity index (χ2v) is 4.97. The number of aromatic nitrogens is 2. The van der Waals surface area contributed by atoms with Gasteiger partial charge >= 0.3 is 5.97 Å². The van der Waals surface area contributed by atoms with Crippen LogP contribution in [-0.4, -0.2) is 34.1 Å². The van der Waals surface area contributed by atoms with Crippen LogP contribution >= 0.6 is 0 Å². The van der Waals surface area contributed by atoms with Crippen molar-refractivity contribution in [2.75, 3.05) is 18.9 Å². The zero-order valence-electron chi connectivity index (χ0n) is 11.2. The number of nitrogen functional groups attached to an aromatic ring is 1. The number of nitrogens with zero attached hydrogens (tertiary/aromatic N) is 2. The van der Waals surface area contributed by atoms with E-state index in [4.69, 9.17) is 15.6 Å². The number of rotatable bonds is 4. The number of aliphatic hydroxyl groups excluding tert-OH is 1. The number of carbonyl (C=O) groups excluding carboxylic acids is 1. The lowest BCUT2D eigenvalue weighted by Gasteiger charge is -2.28. The average molecular weight is 267 g/mol. The number of esters is 1. The van der Waals surface area contributed by atoms with Crippen LogP contribution in [0, 0.1) is 5.92 Å². The van der Waals surface area contributed by atoms with E-state index in [9.17, 15) is 4.79 Å². The summed E-state index contributed by atoms with van der Waals surface area (Å²) in [5.74, 6) is 0.346. The molecule has 1 fully saturated rings. The predicted molar refractivity (Wildman–Crippen MR) is 70.7 cm³/mol. The number of nitrogens with two attached hydrogens (primary N) is 1. The summed E-state index contributed by atoms with van der Waals surface area (Å²) in [7, 11) is 0. The van der Waals surface area contributed by atoms with Gasteiger partial charge in [-0.1, -0.05) is 0 Å². The van der Waals surface area contributed by atoms with Crippen molar-refractivity contribution in [3.63, 3.8) is 0 Å². The molecule has 0 aliphatic heterocycles. The Kier molecular flexibility index (Phi) is 4.42. The molecule has 19 heavy (non-hydrogen) atoms. The van der Waals surface area contributed by atoms with Crippen molar-refractivity contribution in [3.8, 4) is 0 Å². The Hall–Kier alpha value is -1.56. The Balaban J connectivity index is 2.08. The Labute approximate surface area is 112 Å². The van der Waals surface area contributed by atoms with Gasteiger partial charge in [-0.3, -0.25) is 0 Å². The number of carbonyl (C=O) groups is 1. The molecule has 1 aliphatic carbocycles. The first-order valence-electron chi connectivity index (χ1n) is 6.78. The molecule has 6 heteroatoms. The minimum Gasteiger partial charge on any atom is -0.462 e. The Morgan fingerprint density at radius 2 is 2.21 bits per heavy atom. The van der Waals surface area contributed by atoms with Crippen LogP contribution in [0.25, 0.3) is 0 Å². The molecule has 0 bridgehead atoms. The Bertz CT molecular complexity index is 436. The van der Waals surface area contributed by atoms with Gasteiger partial charge in [0.25, 0.3) is 0 Å². The van der Waals surface area contributed by atoms with Crippen molar-refractivity contribution >= 4 is 11.8 Å². The third-order valence-electron chi connectivity index (χ3n) is 3.75. The second kappa shape index (κ2) is 6.06. The van der Waals surface area contributed by atoms with Gasteiger partial charge in [-0.2, -0.15) is 5.10 Å². The minimum atomic E-state index is -0.421. The smallest absolute Gasteiger partial charge is 0.343 e. The molecule has 2 rings (SSSR count). The van der Waals surface area contributed by atoms with Crippen LogP contribution in [0.2, 0.25) is 0 Å². The molecular formula is C13H21N3O3. The highest BCUT2D eigenvalue weighted by Crippen LogP contribution is 2.33. The summed E-state index contributed by atoms with van der Waals surface area (Å²) in [6, 6.07) is 0.214. The van der Waals surface area contributed by atoms with Crippen molar-refractivity contribution in [2.24, 2.45) is 5.92 Å². The van der Waals surface area contributed by atoms with Crippen LogP contribution in [0.4, 0.5) is 5.82 Å². The van der Waals surface area contributed by atoms with E-state index in [1.165, 1.54) is 6.20 Å². The van der Waals surface area contributed by atoms with Gasteiger partial charge in [0.1, 0.15) is 11.4 Å². The van der Waals surface area contributed by atoms with Gasteiger partial charge in [-0.15, -0.1) is 0 Å². The second-order valence-electron chi connectivity index (χ2n) is 4.97. The van der Waals surface area contributed by atoms with E-state index in [0.29, 0.717) is 23.9 Å². The van der Waals surface area contributed by atoms with E-state index in [2.05, 4.69) is 5.10 Å². The van der Waals surface area contributed by atoms with Crippen molar-refractivity contribution < 1.29 is 14.6 Å². The van der Waals surface area contributed by atoms with E-state index < -0.39 is 5.97 Å². The van der Waals surface area contributed by atoms with E-state index >= 15 is 0 Å². The summed E-state index contributed by atoms with van der Waals surface area (Å²) in [5, 5.41) is 13.4. The first kappa shape index (κ1) is 13.9. The first-order chi connectivity index (χ1) is 9.17. The van der Waals surface area contributed by atoms with Crippen LogP contribution in [-0.2, 0) is 4.74 Å². The number of hydrogen-bond donors (Lipinski definition) is 2. The number of anilines is 1. The first-order valence-corrected chi connectivity index (χ1v) is 6.78. The van der Waals surface area contributed by atoms with Gasteiger partial charge in [0.2, 0.25) is 0 Å². The topological polar surface area (TPSA) is 90.4 Å². The molecule has 0 unspecified atom stereocenters. The predicted octanol–water partition coefficient (Wildman–Crippen LogP) is 1.37. The molecule has 0 atom stereocenters. The van der Waals surface area contributed by atoms with Crippen molar-refractivity contribution in [1.29, 1.82) is 0 Å². The standard InChI is InChI=1S/C13H21N3O3/c1-2-19-13(18)11-7-15-16(12(11)14)10-5-3-9(8-17)4-6-10/h7,9-10,17H,2-6,8,14H2,1H3/t9-,10-. The number of ether oxygens (including phenoxy) is 1. The molecule has 0 amide bonds. The maximum atomic E-state index is 11.7. The molecule has 0 saturated heterocycles. The molecule has 1 saturated carbocycles. The average Bonchev–Trinajstić information content (AvgIpc) is 2.81. The molecule has 1 aromatic rings. The fraction of sp³-hybridized carbons (Fsp3) is 0.692. The highest BCUT2D eigenvalue weighted by molar-refractivity contribution is 5.93. The number of aliphatic hydroxyl groups is 1. The lowest BCUT2D eigenvalue weighted by molar-refractivity contribution is 0.0527. The molecule has 1 aliphatic rings. The zero-order valence-corrected chi connectivity index (χ0v) is 11.2. The molecule has 0 aromatic carbocycles. The van der Waals surface area contributed by atoms with Gasteiger partial charge in [0.05, 0.1) is 18.8 Å². The molecule has 1 aromatic heterocycles. The zero-order chi connectivity index (χ0) is 13.8. The number of hydrogen-bond acceptors (Lipinski definition) is 5. The van der Waals surface area contributed by atoms with E-state index in [0.717, 1.165) is 25.7 Å². The fourth-order valence-corrected chi connectivity index (χ4v) is 2.60. The third kappa shape index (κ3) is 2.89. The molecule has 0 radical (unpaired) electrons. The summed E-state index contributed by atoms with van der Waals surface area (Å²) in [4.78, 5) is 11.7. The highest BCUT2D eigenvalue weighted by Gasteiger charge is 2.26. The summed E-state index contributed by atoms with van der Waals surface area (Å²) in [5.41, 5.74) is 6.32. The summed E-state index contributed by atoms with van der Waals surface area (Å²) < 4.78 is 6.66. The Morgan fingerprint density at radius 1 is 1.53 bits per heavy atom. The molecule has 1 heterocycles. The SMILES string of the molecule is CCOC(=O)c1cnn([C@H]2CC[C@H](CO)CC2)c1N. The monoisotopic (exact) mass is 267 g/mol. The van der Waals surface area contributed by atoms with Crippen LogP contribution in [0.15, 0.2) is 6.20 Å². The largest absolute Gasteiger partial charge is 0.462 e. The lowest BCUT2D eigenvalue weighted by atomic mass is 9.86. The van der Waals surface area contributed by atoms with Gasteiger partial charge in [-0.25, -0.2) is 9.48 Å². The van der Waals surface area contributed by atoms with E-state index in [1.54, 1.807) is 11.6 Å². The normalized spacial score (nSPS) is 23.3. The minimum absolute atomic E-state index is 0.214. The molecular weight excluding hydrogens is 246 g/mol. The van der Waals surface area contributed by atoms with Crippen LogP contribution < -0.4 is 5.73 Å². The van der Waals surface area contributed by atoms with Crippen molar-refractivity contribution in [1.82, 2.24) is 9.78 Å². The summed E-state index contributed by atoms with van der Waals surface area (Å²) in [6.45, 7) is 2.33. The van der Waals surface area contributed by atoms with Crippen molar-refractivity contribution in [2.45, 2.75) is 38.6 Å². The van der Waals surface area contributed by atoms with Crippen LogP contribution in [0.3, 0.4) is 0 Å². The van der Waals surface area contributed by atoms with Gasteiger partial charge in [-0.05, 0) is 38.5 Å².